The maximum absolute atomic E-state index is 12.4. The van der Waals surface area contributed by atoms with Gasteiger partial charge in [-0.3, -0.25) is 4.79 Å². The lowest BCUT2D eigenvalue weighted by molar-refractivity contribution is -0.118. The normalized spacial score (nSPS) is 12.8. The van der Waals surface area contributed by atoms with Gasteiger partial charge in [-0.2, -0.15) is 0 Å². The van der Waals surface area contributed by atoms with Gasteiger partial charge in [0.25, 0.3) is 5.91 Å². The van der Waals surface area contributed by atoms with Crippen molar-refractivity contribution >= 4 is 28.3 Å². The van der Waals surface area contributed by atoms with E-state index in [1.54, 1.807) is 31.4 Å². The Kier molecular flexibility index (Phi) is 5.81. The Labute approximate surface area is 192 Å². The van der Waals surface area contributed by atoms with E-state index in [0.717, 1.165) is 42.0 Å². The molecule has 0 saturated heterocycles. The number of nitrogens with zero attached hydrogens (tertiary/aromatic N) is 2. The molecule has 33 heavy (non-hydrogen) atoms. The first-order chi connectivity index (χ1) is 16.2. The highest BCUT2D eigenvalue weighted by Gasteiger charge is 2.18. The lowest BCUT2D eigenvalue weighted by Gasteiger charge is -2.30. The number of benzene rings is 3. The minimum atomic E-state index is -0.235. The van der Waals surface area contributed by atoms with Crippen molar-refractivity contribution in [2.75, 3.05) is 30.5 Å². The van der Waals surface area contributed by atoms with Crippen molar-refractivity contribution in [3.8, 4) is 11.5 Å². The van der Waals surface area contributed by atoms with Crippen LogP contribution in [0.5, 0.6) is 11.5 Å². The Morgan fingerprint density at radius 1 is 0.970 bits per heavy atom. The fraction of sp³-hybridized carbons (Fsp3) is 0.185. The van der Waals surface area contributed by atoms with Gasteiger partial charge in [0.05, 0.1) is 7.11 Å². The molecule has 6 heteroatoms. The average molecular weight is 440 g/mol. The van der Waals surface area contributed by atoms with Gasteiger partial charge in [-0.05, 0) is 60.0 Å². The van der Waals surface area contributed by atoms with Crippen LogP contribution in [0.15, 0.2) is 78.9 Å². The second kappa shape index (κ2) is 9.20. The molecular weight excluding hydrogens is 414 g/mol. The van der Waals surface area contributed by atoms with E-state index in [0.29, 0.717) is 11.4 Å². The Bertz CT molecular complexity index is 1290. The quantitative estimate of drug-likeness (QED) is 0.467. The third-order valence-corrected chi connectivity index (χ3v) is 5.86. The monoisotopic (exact) mass is 439 g/mol. The summed E-state index contributed by atoms with van der Waals surface area (Å²) in [5, 5.41) is 3.81. The van der Waals surface area contributed by atoms with Crippen molar-refractivity contribution in [3.05, 3.63) is 90.0 Å². The van der Waals surface area contributed by atoms with Gasteiger partial charge >= 0.3 is 0 Å². The zero-order chi connectivity index (χ0) is 22.6. The molecule has 166 valence electrons. The number of amides is 1. The summed E-state index contributed by atoms with van der Waals surface area (Å²) in [5.74, 6) is 2.01. The molecule has 1 amide bonds. The maximum atomic E-state index is 12.4. The number of methoxy groups -OCH3 is 1. The van der Waals surface area contributed by atoms with Gasteiger partial charge in [0.2, 0.25) is 0 Å². The summed E-state index contributed by atoms with van der Waals surface area (Å²) >= 11 is 0. The van der Waals surface area contributed by atoms with Crippen LogP contribution >= 0.6 is 0 Å². The molecule has 3 aromatic carbocycles. The van der Waals surface area contributed by atoms with Crippen molar-refractivity contribution in [1.29, 1.82) is 0 Å². The van der Waals surface area contributed by atoms with E-state index < -0.39 is 0 Å². The van der Waals surface area contributed by atoms with Crippen molar-refractivity contribution < 1.29 is 14.3 Å². The number of pyridine rings is 1. The highest BCUT2D eigenvalue weighted by molar-refractivity contribution is 5.92. The molecule has 1 aromatic heterocycles. The van der Waals surface area contributed by atoms with Gasteiger partial charge in [-0.1, -0.05) is 36.4 Å². The van der Waals surface area contributed by atoms with Crippen LogP contribution < -0.4 is 19.7 Å². The molecular formula is C27H25N3O3. The molecule has 0 saturated carbocycles. The first-order valence-electron chi connectivity index (χ1n) is 11.0. The van der Waals surface area contributed by atoms with Crippen molar-refractivity contribution in [2.45, 2.75) is 13.0 Å². The molecule has 0 unspecified atom stereocenters. The Morgan fingerprint density at radius 2 is 1.79 bits per heavy atom. The first-order valence-corrected chi connectivity index (χ1v) is 11.0. The topological polar surface area (TPSA) is 63.7 Å². The van der Waals surface area contributed by atoms with Crippen LogP contribution in [0.1, 0.15) is 11.1 Å². The molecule has 1 aliphatic rings. The van der Waals surface area contributed by atoms with E-state index in [-0.39, 0.29) is 12.5 Å². The number of aromatic nitrogens is 1. The Hall–Kier alpha value is -4.06. The predicted molar refractivity (Wildman–Crippen MR) is 130 cm³/mol. The molecule has 1 aliphatic heterocycles. The van der Waals surface area contributed by atoms with Crippen molar-refractivity contribution in [1.82, 2.24) is 4.98 Å². The van der Waals surface area contributed by atoms with Crippen molar-refractivity contribution in [3.63, 3.8) is 0 Å². The van der Waals surface area contributed by atoms with Crippen LogP contribution in [0.25, 0.3) is 10.9 Å². The van der Waals surface area contributed by atoms with Gasteiger partial charge in [0, 0.05) is 24.2 Å². The van der Waals surface area contributed by atoms with Crippen molar-refractivity contribution in [2.24, 2.45) is 0 Å². The van der Waals surface area contributed by atoms with Crippen LogP contribution in [0.4, 0.5) is 11.5 Å². The highest BCUT2D eigenvalue weighted by Crippen LogP contribution is 2.29. The van der Waals surface area contributed by atoms with Crippen LogP contribution in [0.2, 0.25) is 0 Å². The average Bonchev–Trinajstić information content (AvgIpc) is 2.87. The van der Waals surface area contributed by atoms with Crippen LogP contribution in [0.3, 0.4) is 0 Å². The predicted octanol–water partition coefficient (Wildman–Crippen LogP) is 4.82. The molecule has 0 spiro atoms. The number of nitrogens with one attached hydrogen (secondary N) is 1. The molecule has 6 nitrogen and oxygen atoms in total. The number of anilines is 2. The summed E-state index contributed by atoms with van der Waals surface area (Å²) in [5.41, 5.74) is 4.19. The number of para-hydroxylation sites is 1. The summed E-state index contributed by atoms with van der Waals surface area (Å²) in [6, 6.07) is 25.6. The van der Waals surface area contributed by atoms with E-state index in [2.05, 4.69) is 46.6 Å². The standard InChI is InChI=1S/C27H25N3O3/c1-32-23-12-10-22(11-13-23)28-26(31)18-33-24-8-4-7-20-9-14-25(29-27(20)24)30-16-15-19-5-2-3-6-21(19)17-30/h2-14H,15-18H2,1H3,(H,28,31). The largest absolute Gasteiger partial charge is 0.497 e. The molecule has 0 atom stereocenters. The summed E-state index contributed by atoms with van der Waals surface area (Å²) in [6.45, 7) is 1.65. The lowest BCUT2D eigenvalue weighted by Crippen LogP contribution is -2.30. The SMILES string of the molecule is COc1ccc(NC(=O)COc2cccc3ccc(N4CCc5ccccc5C4)nc23)cc1. The van der Waals surface area contributed by atoms with Gasteiger partial charge in [0.1, 0.15) is 22.8 Å². The maximum Gasteiger partial charge on any atom is 0.262 e. The Balaban J connectivity index is 1.30. The van der Waals surface area contributed by atoms with E-state index in [1.165, 1.54) is 11.1 Å². The summed E-state index contributed by atoms with van der Waals surface area (Å²) in [4.78, 5) is 19.6. The van der Waals surface area contributed by atoms with Crippen LogP contribution in [-0.2, 0) is 17.8 Å². The third kappa shape index (κ3) is 4.60. The number of ether oxygens (including phenoxy) is 2. The summed E-state index contributed by atoms with van der Waals surface area (Å²) in [7, 11) is 1.61. The van der Waals surface area contributed by atoms with E-state index >= 15 is 0 Å². The van der Waals surface area contributed by atoms with Crippen LogP contribution in [0, 0.1) is 0 Å². The molecule has 0 radical (unpaired) electrons. The zero-order valence-corrected chi connectivity index (χ0v) is 18.5. The van der Waals surface area contributed by atoms with E-state index in [9.17, 15) is 4.79 Å². The fourth-order valence-electron chi connectivity index (χ4n) is 4.11. The lowest BCUT2D eigenvalue weighted by atomic mass is 10.00. The van der Waals surface area contributed by atoms with E-state index in [1.807, 2.05) is 18.2 Å². The molecule has 0 bridgehead atoms. The molecule has 5 rings (SSSR count). The zero-order valence-electron chi connectivity index (χ0n) is 18.5. The minimum absolute atomic E-state index is 0.103. The van der Waals surface area contributed by atoms with Gasteiger partial charge in [-0.15, -0.1) is 0 Å². The summed E-state index contributed by atoms with van der Waals surface area (Å²) in [6.07, 6.45) is 1.000. The minimum Gasteiger partial charge on any atom is -0.497 e. The second-order valence-corrected chi connectivity index (χ2v) is 8.00. The molecule has 0 aliphatic carbocycles. The molecule has 4 aromatic rings. The highest BCUT2D eigenvalue weighted by atomic mass is 16.5. The molecule has 2 heterocycles. The number of carbonyl (C=O) groups excluding carboxylic acids is 1. The fourth-order valence-corrected chi connectivity index (χ4v) is 4.11. The van der Waals surface area contributed by atoms with E-state index in [4.69, 9.17) is 14.5 Å². The summed E-state index contributed by atoms with van der Waals surface area (Å²) < 4.78 is 11.0. The van der Waals surface area contributed by atoms with Gasteiger partial charge in [-0.25, -0.2) is 4.98 Å². The second-order valence-electron chi connectivity index (χ2n) is 8.00. The molecule has 1 N–H and O–H groups in total. The first kappa shape index (κ1) is 20.8. The number of hydrogen-bond acceptors (Lipinski definition) is 5. The van der Waals surface area contributed by atoms with Gasteiger partial charge in [0.15, 0.2) is 6.61 Å². The van der Waals surface area contributed by atoms with Crippen LogP contribution in [-0.4, -0.2) is 31.2 Å². The number of hydrogen-bond donors (Lipinski definition) is 1. The Morgan fingerprint density at radius 3 is 2.61 bits per heavy atom. The number of carbonyl (C=O) groups is 1. The third-order valence-electron chi connectivity index (χ3n) is 5.86. The smallest absolute Gasteiger partial charge is 0.262 e. The molecule has 0 fully saturated rings. The number of fused-ring (bicyclic) bond motifs is 2. The van der Waals surface area contributed by atoms with Gasteiger partial charge < -0.3 is 19.7 Å². The number of rotatable bonds is 6.